The Morgan fingerprint density at radius 3 is 3.14 bits per heavy atom. The highest BCUT2D eigenvalue weighted by Crippen LogP contribution is 2.13. The zero-order valence-electron chi connectivity index (χ0n) is 7.47. The number of nitrogens with zero attached hydrogens (tertiary/aromatic N) is 2. The summed E-state index contributed by atoms with van der Waals surface area (Å²) >= 11 is 0. The lowest BCUT2D eigenvalue weighted by atomic mass is 10.1. The summed E-state index contributed by atoms with van der Waals surface area (Å²) in [6, 6.07) is 9.68. The summed E-state index contributed by atoms with van der Waals surface area (Å²) < 4.78 is 0. The molecule has 1 aromatic heterocycles. The Hall–Kier alpha value is -1.99. The van der Waals surface area contributed by atoms with Crippen molar-refractivity contribution in [3.8, 4) is 0 Å². The van der Waals surface area contributed by atoms with Crippen LogP contribution in [-0.4, -0.2) is 11.1 Å². The van der Waals surface area contributed by atoms with Crippen LogP contribution in [0.4, 0.5) is 0 Å². The van der Waals surface area contributed by atoms with Crippen LogP contribution in [-0.2, 0) is 11.3 Å². The summed E-state index contributed by atoms with van der Waals surface area (Å²) in [5.74, 6) is 0. The molecule has 68 valence electrons. The third-order valence-electron chi connectivity index (χ3n) is 1.99. The van der Waals surface area contributed by atoms with Crippen LogP contribution in [0.3, 0.4) is 0 Å². The summed E-state index contributed by atoms with van der Waals surface area (Å²) in [6.45, 7) is 0.383. The predicted molar refractivity (Wildman–Crippen MR) is 53.6 cm³/mol. The van der Waals surface area contributed by atoms with Gasteiger partial charge < -0.3 is 0 Å². The second-order valence-electron chi connectivity index (χ2n) is 2.94. The second kappa shape index (κ2) is 3.81. The predicted octanol–water partition coefficient (Wildman–Crippen LogP) is 2.07. The van der Waals surface area contributed by atoms with Crippen molar-refractivity contribution in [3.05, 3.63) is 42.1 Å². The summed E-state index contributed by atoms with van der Waals surface area (Å²) in [4.78, 5) is 17.7. The number of isocyanates is 1. The Morgan fingerprint density at radius 1 is 1.36 bits per heavy atom. The maximum absolute atomic E-state index is 9.94. The Balaban J connectivity index is 2.45. The molecule has 0 atom stereocenters. The first-order valence-electron chi connectivity index (χ1n) is 4.27. The van der Waals surface area contributed by atoms with Crippen LogP contribution in [0.15, 0.2) is 41.5 Å². The summed E-state index contributed by atoms with van der Waals surface area (Å²) in [6.07, 6.45) is 3.28. The molecular formula is C11H8N2O. The summed E-state index contributed by atoms with van der Waals surface area (Å²) in [5, 5.41) is 1.06. The highest BCUT2D eigenvalue weighted by molar-refractivity contribution is 5.78. The summed E-state index contributed by atoms with van der Waals surface area (Å²) in [7, 11) is 0. The molecule has 0 aliphatic rings. The van der Waals surface area contributed by atoms with Crippen molar-refractivity contribution in [2.75, 3.05) is 0 Å². The van der Waals surface area contributed by atoms with Crippen LogP contribution >= 0.6 is 0 Å². The lowest BCUT2D eigenvalue weighted by molar-refractivity contribution is 0.563. The van der Waals surface area contributed by atoms with Crippen LogP contribution in [0.5, 0.6) is 0 Å². The molecule has 14 heavy (non-hydrogen) atoms. The van der Waals surface area contributed by atoms with Gasteiger partial charge in [-0.3, -0.25) is 4.98 Å². The van der Waals surface area contributed by atoms with E-state index in [1.54, 1.807) is 6.20 Å². The first kappa shape index (κ1) is 8.60. The highest BCUT2D eigenvalue weighted by Gasteiger charge is 1.95. The number of pyridine rings is 1. The van der Waals surface area contributed by atoms with E-state index in [4.69, 9.17) is 0 Å². The largest absolute Gasteiger partial charge is 0.256 e. The first-order chi connectivity index (χ1) is 6.90. The van der Waals surface area contributed by atoms with E-state index in [2.05, 4.69) is 9.98 Å². The van der Waals surface area contributed by atoms with E-state index in [-0.39, 0.29) is 0 Å². The fraction of sp³-hybridized carbons (Fsp3) is 0.0909. The molecule has 0 aliphatic heterocycles. The van der Waals surface area contributed by atoms with Gasteiger partial charge in [0.15, 0.2) is 0 Å². The van der Waals surface area contributed by atoms with Gasteiger partial charge in [0.05, 0.1) is 12.1 Å². The molecule has 2 rings (SSSR count). The van der Waals surface area contributed by atoms with Gasteiger partial charge in [-0.2, -0.15) is 0 Å². The molecule has 3 nitrogen and oxygen atoms in total. The number of benzene rings is 1. The monoisotopic (exact) mass is 184 g/mol. The van der Waals surface area contributed by atoms with Gasteiger partial charge in [-0.1, -0.05) is 12.1 Å². The molecule has 2 aromatic rings. The van der Waals surface area contributed by atoms with E-state index in [0.717, 1.165) is 16.5 Å². The van der Waals surface area contributed by atoms with Gasteiger partial charge in [-0.25, -0.2) is 9.79 Å². The summed E-state index contributed by atoms with van der Waals surface area (Å²) in [5.41, 5.74) is 1.94. The average molecular weight is 184 g/mol. The molecule has 3 heteroatoms. The van der Waals surface area contributed by atoms with Crippen molar-refractivity contribution in [2.45, 2.75) is 6.54 Å². The molecule has 0 saturated heterocycles. The molecular weight excluding hydrogens is 176 g/mol. The second-order valence-corrected chi connectivity index (χ2v) is 2.94. The third-order valence-corrected chi connectivity index (χ3v) is 1.99. The molecule has 0 bridgehead atoms. The normalized spacial score (nSPS) is 9.71. The zero-order chi connectivity index (χ0) is 9.80. The van der Waals surface area contributed by atoms with Gasteiger partial charge in [-0.05, 0) is 23.8 Å². The van der Waals surface area contributed by atoms with Crippen LogP contribution in [0, 0.1) is 0 Å². The van der Waals surface area contributed by atoms with Gasteiger partial charge in [-0.15, -0.1) is 0 Å². The van der Waals surface area contributed by atoms with Crippen molar-refractivity contribution >= 4 is 17.0 Å². The molecule has 0 amide bonds. The van der Waals surface area contributed by atoms with Crippen LogP contribution in [0.1, 0.15) is 5.56 Å². The molecule has 0 unspecified atom stereocenters. The van der Waals surface area contributed by atoms with E-state index in [0.29, 0.717) is 6.54 Å². The lowest BCUT2D eigenvalue weighted by Gasteiger charge is -1.98. The maximum atomic E-state index is 9.94. The van der Waals surface area contributed by atoms with E-state index >= 15 is 0 Å². The minimum atomic E-state index is 0.383. The fourth-order valence-corrected chi connectivity index (χ4v) is 1.35. The SMILES string of the molecule is O=C=NCc1ccc2ncccc2c1. The number of hydrogen-bond donors (Lipinski definition) is 0. The van der Waals surface area contributed by atoms with Gasteiger partial charge >= 0.3 is 0 Å². The van der Waals surface area contributed by atoms with Crippen molar-refractivity contribution in [3.63, 3.8) is 0 Å². The fourth-order valence-electron chi connectivity index (χ4n) is 1.35. The number of aromatic nitrogens is 1. The smallest absolute Gasteiger partial charge is 0.235 e. The van der Waals surface area contributed by atoms with Gasteiger partial charge in [0.2, 0.25) is 6.08 Å². The maximum Gasteiger partial charge on any atom is 0.235 e. The Morgan fingerprint density at radius 2 is 2.29 bits per heavy atom. The van der Waals surface area contributed by atoms with Crippen molar-refractivity contribution in [1.82, 2.24) is 4.98 Å². The molecule has 1 heterocycles. The molecule has 0 spiro atoms. The molecule has 0 radical (unpaired) electrons. The topological polar surface area (TPSA) is 42.3 Å². The minimum Gasteiger partial charge on any atom is -0.256 e. The Kier molecular flexibility index (Phi) is 2.34. The molecule has 1 aromatic carbocycles. The molecule has 0 N–H and O–H groups in total. The van der Waals surface area contributed by atoms with Crippen LogP contribution in [0.2, 0.25) is 0 Å². The molecule has 0 saturated carbocycles. The minimum absolute atomic E-state index is 0.383. The number of fused-ring (bicyclic) bond motifs is 1. The van der Waals surface area contributed by atoms with Crippen molar-refractivity contribution in [1.29, 1.82) is 0 Å². The van der Waals surface area contributed by atoms with E-state index in [9.17, 15) is 4.79 Å². The van der Waals surface area contributed by atoms with Gasteiger partial charge in [0.25, 0.3) is 0 Å². The van der Waals surface area contributed by atoms with Crippen molar-refractivity contribution in [2.24, 2.45) is 4.99 Å². The van der Waals surface area contributed by atoms with Crippen LogP contribution < -0.4 is 0 Å². The molecule has 0 fully saturated rings. The average Bonchev–Trinajstić information content (AvgIpc) is 2.26. The number of aliphatic imine (C=N–C) groups is 1. The standard InChI is InChI=1S/C11H8N2O/c14-8-12-7-9-3-4-11-10(6-9)2-1-5-13-11/h1-6H,7H2. The zero-order valence-corrected chi connectivity index (χ0v) is 7.47. The van der Waals surface area contributed by atoms with Gasteiger partial charge in [0, 0.05) is 11.6 Å². The highest BCUT2D eigenvalue weighted by atomic mass is 16.1. The lowest BCUT2D eigenvalue weighted by Crippen LogP contribution is -1.83. The van der Waals surface area contributed by atoms with Crippen LogP contribution in [0.25, 0.3) is 10.9 Å². The van der Waals surface area contributed by atoms with E-state index in [1.807, 2.05) is 30.3 Å². The Bertz CT molecular complexity index is 501. The first-order valence-corrected chi connectivity index (χ1v) is 4.27. The number of carbonyl (C=O) groups excluding carboxylic acids is 1. The number of rotatable bonds is 2. The Labute approximate surface area is 81.1 Å². The van der Waals surface area contributed by atoms with Crippen molar-refractivity contribution < 1.29 is 4.79 Å². The third kappa shape index (κ3) is 1.68. The van der Waals surface area contributed by atoms with Gasteiger partial charge in [0.1, 0.15) is 0 Å². The molecule has 0 aliphatic carbocycles. The quantitative estimate of drug-likeness (QED) is 0.529. The van der Waals surface area contributed by atoms with E-state index < -0.39 is 0 Å². The van der Waals surface area contributed by atoms with E-state index in [1.165, 1.54) is 6.08 Å². The number of hydrogen-bond acceptors (Lipinski definition) is 3.